The molecular formula is C26H13Cl2F3N6O4. The SMILES string of the molecule is N#Cc1nn(-c2cc(Cl)c(Oc3ccc4c(=O)n(Cc5cccc(C(F)(F)F)c5)cnc4c3)c(Cl)c2)c(=O)[nH]c1=O. The van der Waals surface area contributed by atoms with Crippen LogP contribution in [0.3, 0.4) is 0 Å². The molecule has 1 N–H and O–H groups in total. The molecule has 5 aromatic rings. The molecule has 15 heteroatoms. The number of alkyl halides is 3. The van der Waals surface area contributed by atoms with Gasteiger partial charge < -0.3 is 4.74 Å². The van der Waals surface area contributed by atoms with Crippen molar-refractivity contribution in [1.82, 2.24) is 24.3 Å². The smallest absolute Gasteiger partial charge is 0.416 e. The first-order valence-electron chi connectivity index (χ1n) is 11.4. The lowest BCUT2D eigenvalue weighted by Gasteiger charge is -2.13. The number of hydrogen-bond acceptors (Lipinski definition) is 7. The first kappa shape index (κ1) is 27.6. The minimum atomic E-state index is -4.51. The molecule has 5 rings (SSSR count). The van der Waals surface area contributed by atoms with Crippen molar-refractivity contribution in [2.75, 3.05) is 0 Å². The Kier molecular flexibility index (Phi) is 7.12. The lowest BCUT2D eigenvalue weighted by atomic mass is 10.1. The normalized spacial score (nSPS) is 11.4. The molecule has 0 atom stereocenters. The fourth-order valence-electron chi connectivity index (χ4n) is 3.89. The molecule has 3 aromatic carbocycles. The van der Waals surface area contributed by atoms with E-state index in [1.807, 2.05) is 4.98 Å². The first-order valence-corrected chi connectivity index (χ1v) is 12.2. The second kappa shape index (κ2) is 10.6. The number of benzene rings is 3. The van der Waals surface area contributed by atoms with Gasteiger partial charge >= 0.3 is 11.9 Å². The Morgan fingerprint density at radius 3 is 2.44 bits per heavy atom. The summed E-state index contributed by atoms with van der Waals surface area (Å²) in [6.45, 7) is -0.120. The summed E-state index contributed by atoms with van der Waals surface area (Å²) in [5, 5.41) is 12.8. The van der Waals surface area contributed by atoms with Crippen molar-refractivity contribution in [3.63, 3.8) is 0 Å². The highest BCUT2D eigenvalue weighted by Crippen LogP contribution is 2.38. The van der Waals surface area contributed by atoms with Gasteiger partial charge in [0.05, 0.1) is 45.1 Å². The fraction of sp³-hybridized carbons (Fsp3) is 0.0769. The number of hydrogen-bond donors (Lipinski definition) is 1. The Hall–Kier alpha value is -4.93. The summed E-state index contributed by atoms with van der Waals surface area (Å²) < 4.78 is 46.9. The van der Waals surface area contributed by atoms with E-state index in [2.05, 4.69) is 10.1 Å². The van der Waals surface area contributed by atoms with Crippen molar-refractivity contribution in [3.8, 4) is 23.3 Å². The molecule has 0 saturated carbocycles. The topological polar surface area (TPSA) is 136 Å². The summed E-state index contributed by atoms with van der Waals surface area (Å²) in [4.78, 5) is 43.0. The van der Waals surface area contributed by atoms with E-state index < -0.39 is 34.2 Å². The largest absolute Gasteiger partial charge is 0.454 e. The molecule has 2 aromatic heterocycles. The molecule has 0 saturated heterocycles. The van der Waals surface area contributed by atoms with Gasteiger partial charge in [0.1, 0.15) is 11.8 Å². The van der Waals surface area contributed by atoms with Crippen LogP contribution in [0.2, 0.25) is 10.0 Å². The van der Waals surface area contributed by atoms with Gasteiger partial charge in [-0.3, -0.25) is 19.1 Å². The highest BCUT2D eigenvalue weighted by molar-refractivity contribution is 6.37. The number of nitriles is 1. The number of nitrogens with zero attached hydrogens (tertiary/aromatic N) is 5. The van der Waals surface area contributed by atoms with E-state index in [0.717, 1.165) is 16.8 Å². The first-order chi connectivity index (χ1) is 19.4. The molecule has 0 aliphatic heterocycles. The van der Waals surface area contributed by atoms with Gasteiger partial charge in [0.15, 0.2) is 5.75 Å². The van der Waals surface area contributed by atoms with E-state index in [-0.39, 0.29) is 50.2 Å². The number of rotatable bonds is 5. The van der Waals surface area contributed by atoms with Gasteiger partial charge in [-0.25, -0.2) is 9.78 Å². The second-order valence-corrected chi connectivity index (χ2v) is 9.34. The number of ether oxygens (including phenoxy) is 1. The Morgan fingerprint density at radius 2 is 1.76 bits per heavy atom. The maximum absolute atomic E-state index is 13.0. The van der Waals surface area contributed by atoms with Crippen LogP contribution in [0, 0.1) is 11.3 Å². The molecule has 2 heterocycles. The molecule has 0 fully saturated rings. The highest BCUT2D eigenvalue weighted by Gasteiger charge is 2.30. The van der Waals surface area contributed by atoms with Gasteiger partial charge in [-0.05, 0) is 42.0 Å². The second-order valence-electron chi connectivity index (χ2n) is 8.53. The number of halogens is 5. The summed E-state index contributed by atoms with van der Waals surface area (Å²) >= 11 is 12.7. The molecule has 0 radical (unpaired) electrons. The van der Waals surface area contributed by atoms with E-state index in [1.54, 1.807) is 6.07 Å². The zero-order chi connectivity index (χ0) is 29.5. The molecule has 10 nitrogen and oxygen atoms in total. The van der Waals surface area contributed by atoms with Crippen LogP contribution in [0.4, 0.5) is 13.2 Å². The average molecular weight is 601 g/mol. The van der Waals surface area contributed by atoms with Crippen LogP contribution < -0.4 is 21.5 Å². The molecule has 206 valence electrons. The summed E-state index contributed by atoms with van der Waals surface area (Å²) in [7, 11) is 0. The number of fused-ring (bicyclic) bond motifs is 1. The third kappa shape index (κ3) is 5.56. The van der Waals surface area contributed by atoms with Crippen molar-refractivity contribution < 1.29 is 17.9 Å². The summed E-state index contributed by atoms with van der Waals surface area (Å²) in [6.07, 6.45) is -3.30. The van der Waals surface area contributed by atoms with Gasteiger partial charge in [0.25, 0.3) is 11.1 Å². The van der Waals surface area contributed by atoms with Gasteiger partial charge in [0.2, 0.25) is 5.69 Å². The fourth-order valence-corrected chi connectivity index (χ4v) is 4.44. The van der Waals surface area contributed by atoms with Crippen LogP contribution in [0.15, 0.2) is 75.3 Å². The molecule has 41 heavy (non-hydrogen) atoms. The van der Waals surface area contributed by atoms with Gasteiger partial charge in [-0.2, -0.15) is 23.1 Å². The summed E-state index contributed by atoms with van der Waals surface area (Å²) in [5.41, 5.74) is -3.15. The number of nitrogens with one attached hydrogen (secondary N) is 1. The van der Waals surface area contributed by atoms with Crippen molar-refractivity contribution in [3.05, 3.63) is 119 Å². The van der Waals surface area contributed by atoms with Crippen molar-refractivity contribution in [2.45, 2.75) is 12.7 Å². The molecule has 0 unspecified atom stereocenters. The van der Waals surface area contributed by atoms with Gasteiger partial charge in [0, 0.05) is 6.07 Å². The maximum Gasteiger partial charge on any atom is 0.416 e. The van der Waals surface area contributed by atoms with Crippen LogP contribution >= 0.6 is 23.2 Å². The van der Waals surface area contributed by atoms with E-state index in [9.17, 15) is 27.6 Å². The average Bonchev–Trinajstić information content (AvgIpc) is 2.92. The monoisotopic (exact) mass is 600 g/mol. The Labute approximate surface area is 236 Å². The molecule has 0 bridgehead atoms. The minimum absolute atomic E-state index is 0.00713. The lowest BCUT2D eigenvalue weighted by Crippen LogP contribution is -2.33. The molecular weight excluding hydrogens is 588 g/mol. The standard InChI is InChI=1S/C26H13Cl2F3N6O4/c27-18-7-15(37-25(40)34-23(38)21(10-32)35-37)8-19(28)22(18)41-16-4-5-17-20(9-16)33-12-36(24(17)39)11-13-2-1-3-14(6-13)26(29,30)31/h1-9,12H,11H2,(H,34,38,40). The van der Waals surface area contributed by atoms with Crippen molar-refractivity contribution in [2.24, 2.45) is 0 Å². The lowest BCUT2D eigenvalue weighted by molar-refractivity contribution is -0.137. The predicted molar refractivity (Wildman–Crippen MR) is 142 cm³/mol. The van der Waals surface area contributed by atoms with Gasteiger partial charge in [-0.1, -0.05) is 35.3 Å². The van der Waals surface area contributed by atoms with E-state index in [4.69, 9.17) is 33.2 Å². The van der Waals surface area contributed by atoms with E-state index in [0.29, 0.717) is 0 Å². The number of aromatic amines is 1. The molecule has 0 aliphatic rings. The Balaban J connectivity index is 1.43. The third-order valence-electron chi connectivity index (χ3n) is 5.79. The van der Waals surface area contributed by atoms with Gasteiger partial charge in [-0.15, -0.1) is 5.10 Å². The van der Waals surface area contributed by atoms with Crippen LogP contribution in [-0.2, 0) is 12.7 Å². The van der Waals surface area contributed by atoms with Crippen molar-refractivity contribution >= 4 is 34.1 Å². The quantitative estimate of drug-likeness (QED) is 0.309. The minimum Gasteiger partial charge on any atom is -0.454 e. The van der Waals surface area contributed by atoms with Crippen LogP contribution in [0.25, 0.3) is 16.6 Å². The predicted octanol–water partition coefficient (Wildman–Crippen LogP) is 4.67. The van der Waals surface area contributed by atoms with Crippen LogP contribution in [0.1, 0.15) is 16.8 Å². The Bertz CT molecular complexity index is 2040. The molecule has 0 amide bonds. The van der Waals surface area contributed by atoms with Crippen LogP contribution in [-0.4, -0.2) is 24.3 Å². The molecule has 0 aliphatic carbocycles. The Morgan fingerprint density at radius 1 is 1.02 bits per heavy atom. The maximum atomic E-state index is 13.0. The zero-order valence-corrected chi connectivity index (χ0v) is 21.8. The third-order valence-corrected chi connectivity index (χ3v) is 6.35. The van der Waals surface area contributed by atoms with Crippen molar-refractivity contribution in [1.29, 1.82) is 5.26 Å². The van der Waals surface area contributed by atoms with E-state index in [1.165, 1.54) is 53.4 Å². The molecule has 0 spiro atoms. The summed E-state index contributed by atoms with van der Waals surface area (Å²) in [5.74, 6) is 0.190. The highest BCUT2D eigenvalue weighted by atomic mass is 35.5. The van der Waals surface area contributed by atoms with E-state index >= 15 is 0 Å². The number of aromatic nitrogens is 5. The summed E-state index contributed by atoms with van der Waals surface area (Å²) in [6, 6.07) is 13.1. The zero-order valence-electron chi connectivity index (χ0n) is 20.2. The van der Waals surface area contributed by atoms with Crippen LogP contribution in [0.5, 0.6) is 11.5 Å². The number of H-pyrrole nitrogens is 1.